The van der Waals surface area contributed by atoms with E-state index in [2.05, 4.69) is 25.6 Å². The molecule has 7 heteroatoms. The number of halogens is 1. The number of aryl methyl sites for hydroxylation is 1. The minimum absolute atomic E-state index is 0.524. The van der Waals surface area contributed by atoms with E-state index < -0.39 is 10.0 Å². The van der Waals surface area contributed by atoms with E-state index in [1.165, 1.54) is 0 Å². The highest BCUT2D eigenvalue weighted by molar-refractivity contribution is 9.10. The molecule has 3 rings (SSSR count). The van der Waals surface area contributed by atoms with Crippen LogP contribution in [0, 0.1) is 6.92 Å². The molecule has 0 saturated heterocycles. The molecule has 1 aromatic heterocycles. The molecule has 0 bridgehead atoms. The maximum atomic E-state index is 11.4. The van der Waals surface area contributed by atoms with Gasteiger partial charge in [0, 0.05) is 10.2 Å². The van der Waals surface area contributed by atoms with Crippen LogP contribution >= 0.6 is 15.9 Å². The highest BCUT2D eigenvalue weighted by Gasteiger charge is 2.11. The molecule has 0 amide bonds. The standard InChI is InChI=1S/C15H14BrN3O2S/c1-10-17-14-7-6-11(16)8-15(14)19(10)13-5-3-4-12(9-13)18-22(2,20)21/h3-9,18H,1-2H3. The monoisotopic (exact) mass is 379 g/mol. The van der Waals surface area contributed by atoms with E-state index in [9.17, 15) is 8.42 Å². The fraction of sp³-hybridized carbons (Fsp3) is 0.133. The molecule has 0 aliphatic carbocycles. The molecule has 114 valence electrons. The van der Waals surface area contributed by atoms with Crippen molar-refractivity contribution in [2.24, 2.45) is 0 Å². The van der Waals surface area contributed by atoms with Gasteiger partial charge in [0.1, 0.15) is 5.82 Å². The van der Waals surface area contributed by atoms with Gasteiger partial charge in [-0.05, 0) is 43.3 Å². The Morgan fingerprint density at radius 3 is 2.68 bits per heavy atom. The van der Waals surface area contributed by atoms with Crippen LogP contribution in [-0.2, 0) is 10.0 Å². The molecule has 1 N–H and O–H groups in total. The van der Waals surface area contributed by atoms with E-state index in [0.717, 1.165) is 33.3 Å². The van der Waals surface area contributed by atoms with Gasteiger partial charge in [0.05, 0.1) is 23.0 Å². The number of sulfonamides is 1. The van der Waals surface area contributed by atoms with E-state index >= 15 is 0 Å². The average molecular weight is 380 g/mol. The zero-order chi connectivity index (χ0) is 15.9. The van der Waals surface area contributed by atoms with Gasteiger partial charge in [0.15, 0.2) is 0 Å². The van der Waals surface area contributed by atoms with Crippen molar-refractivity contribution in [3.8, 4) is 5.69 Å². The summed E-state index contributed by atoms with van der Waals surface area (Å²) in [4.78, 5) is 4.54. The lowest BCUT2D eigenvalue weighted by Gasteiger charge is -2.10. The number of fused-ring (bicyclic) bond motifs is 1. The molecule has 5 nitrogen and oxygen atoms in total. The second kappa shape index (κ2) is 5.40. The van der Waals surface area contributed by atoms with Crippen molar-refractivity contribution in [3.05, 3.63) is 52.8 Å². The molecular formula is C15H14BrN3O2S. The van der Waals surface area contributed by atoms with Crippen LogP contribution in [0.15, 0.2) is 46.9 Å². The Labute approximate surface area is 137 Å². The number of nitrogens with zero attached hydrogens (tertiary/aromatic N) is 2. The Hall–Kier alpha value is -1.86. The smallest absolute Gasteiger partial charge is 0.229 e. The number of benzene rings is 2. The Kier molecular flexibility index (Phi) is 3.70. The van der Waals surface area contributed by atoms with E-state index in [1.807, 2.05) is 41.8 Å². The molecule has 0 fully saturated rings. The fourth-order valence-corrected chi connectivity index (χ4v) is 3.32. The lowest BCUT2D eigenvalue weighted by molar-refractivity contribution is 0.607. The molecule has 1 heterocycles. The molecule has 0 saturated carbocycles. The number of hydrogen-bond donors (Lipinski definition) is 1. The summed E-state index contributed by atoms with van der Waals surface area (Å²) in [5.41, 5.74) is 3.23. The molecule has 0 unspecified atom stereocenters. The van der Waals surface area contributed by atoms with Crippen molar-refractivity contribution in [2.45, 2.75) is 6.92 Å². The van der Waals surface area contributed by atoms with Crippen LogP contribution < -0.4 is 4.72 Å². The van der Waals surface area contributed by atoms with Crippen molar-refractivity contribution in [3.63, 3.8) is 0 Å². The topological polar surface area (TPSA) is 64.0 Å². The minimum Gasteiger partial charge on any atom is -0.296 e. The molecule has 0 spiro atoms. The summed E-state index contributed by atoms with van der Waals surface area (Å²) in [6.07, 6.45) is 1.13. The van der Waals surface area contributed by atoms with Crippen molar-refractivity contribution < 1.29 is 8.42 Å². The number of imidazole rings is 1. The summed E-state index contributed by atoms with van der Waals surface area (Å²) in [5, 5.41) is 0. The first-order chi connectivity index (χ1) is 10.3. The predicted octanol–water partition coefficient (Wildman–Crippen LogP) is 3.47. The fourth-order valence-electron chi connectivity index (χ4n) is 2.42. The van der Waals surface area contributed by atoms with Crippen LogP contribution in [0.3, 0.4) is 0 Å². The second-order valence-electron chi connectivity index (χ2n) is 5.05. The average Bonchev–Trinajstić information content (AvgIpc) is 2.72. The Bertz CT molecular complexity index is 964. The summed E-state index contributed by atoms with van der Waals surface area (Å²) in [7, 11) is -3.30. The molecule has 0 atom stereocenters. The van der Waals surface area contributed by atoms with Gasteiger partial charge in [-0.1, -0.05) is 22.0 Å². The van der Waals surface area contributed by atoms with Gasteiger partial charge < -0.3 is 0 Å². The largest absolute Gasteiger partial charge is 0.296 e. The highest BCUT2D eigenvalue weighted by atomic mass is 79.9. The third-order valence-electron chi connectivity index (χ3n) is 3.19. The molecule has 2 aromatic carbocycles. The van der Waals surface area contributed by atoms with Gasteiger partial charge >= 0.3 is 0 Å². The van der Waals surface area contributed by atoms with Crippen molar-refractivity contribution in [1.82, 2.24) is 9.55 Å². The number of nitrogens with one attached hydrogen (secondary N) is 1. The van der Waals surface area contributed by atoms with Crippen LogP contribution in [0.5, 0.6) is 0 Å². The van der Waals surface area contributed by atoms with Gasteiger partial charge in [-0.2, -0.15) is 0 Å². The highest BCUT2D eigenvalue weighted by Crippen LogP contribution is 2.25. The van der Waals surface area contributed by atoms with Gasteiger partial charge in [-0.3, -0.25) is 9.29 Å². The number of aromatic nitrogens is 2. The number of anilines is 1. The minimum atomic E-state index is -3.30. The first-order valence-electron chi connectivity index (χ1n) is 6.56. The molecule has 3 aromatic rings. The maximum absolute atomic E-state index is 11.4. The summed E-state index contributed by atoms with van der Waals surface area (Å²) < 4.78 is 28.2. The quantitative estimate of drug-likeness (QED) is 0.757. The van der Waals surface area contributed by atoms with Crippen LogP contribution in [-0.4, -0.2) is 24.2 Å². The van der Waals surface area contributed by atoms with E-state index in [4.69, 9.17) is 0 Å². The van der Waals surface area contributed by atoms with E-state index in [-0.39, 0.29) is 0 Å². The number of hydrogen-bond acceptors (Lipinski definition) is 3. The lowest BCUT2D eigenvalue weighted by atomic mass is 10.2. The zero-order valence-corrected chi connectivity index (χ0v) is 14.4. The van der Waals surface area contributed by atoms with Crippen LogP contribution in [0.25, 0.3) is 16.7 Å². The van der Waals surface area contributed by atoms with Gasteiger partial charge in [0.2, 0.25) is 10.0 Å². The molecule has 0 aliphatic heterocycles. The van der Waals surface area contributed by atoms with Crippen LogP contribution in [0.1, 0.15) is 5.82 Å². The SMILES string of the molecule is Cc1nc2ccc(Br)cc2n1-c1cccc(NS(C)(=O)=O)c1. The van der Waals surface area contributed by atoms with E-state index in [1.54, 1.807) is 12.1 Å². The van der Waals surface area contributed by atoms with Crippen molar-refractivity contribution >= 4 is 42.7 Å². The Balaban J connectivity index is 2.17. The maximum Gasteiger partial charge on any atom is 0.229 e. The zero-order valence-electron chi connectivity index (χ0n) is 12.0. The molecule has 22 heavy (non-hydrogen) atoms. The first-order valence-corrected chi connectivity index (χ1v) is 9.25. The summed E-state index contributed by atoms with van der Waals surface area (Å²) in [6.45, 7) is 1.92. The summed E-state index contributed by atoms with van der Waals surface area (Å²) in [5.74, 6) is 0.838. The first kappa shape index (κ1) is 15.1. The molecule has 0 aliphatic rings. The van der Waals surface area contributed by atoms with Crippen LogP contribution in [0.4, 0.5) is 5.69 Å². The van der Waals surface area contributed by atoms with Gasteiger partial charge in [-0.25, -0.2) is 13.4 Å². The Morgan fingerprint density at radius 1 is 1.18 bits per heavy atom. The third-order valence-corrected chi connectivity index (χ3v) is 4.29. The normalized spacial score (nSPS) is 11.8. The Morgan fingerprint density at radius 2 is 1.95 bits per heavy atom. The van der Waals surface area contributed by atoms with Crippen LogP contribution in [0.2, 0.25) is 0 Å². The van der Waals surface area contributed by atoms with Gasteiger partial charge in [-0.15, -0.1) is 0 Å². The lowest BCUT2D eigenvalue weighted by Crippen LogP contribution is -2.09. The van der Waals surface area contributed by atoms with E-state index in [0.29, 0.717) is 5.69 Å². The molecular weight excluding hydrogens is 366 g/mol. The van der Waals surface area contributed by atoms with Crippen molar-refractivity contribution in [1.29, 1.82) is 0 Å². The van der Waals surface area contributed by atoms with Gasteiger partial charge in [0.25, 0.3) is 0 Å². The number of rotatable bonds is 3. The third kappa shape index (κ3) is 3.00. The molecule has 0 radical (unpaired) electrons. The summed E-state index contributed by atoms with van der Waals surface area (Å²) in [6, 6.07) is 13.1. The predicted molar refractivity (Wildman–Crippen MR) is 92.0 cm³/mol. The second-order valence-corrected chi connectivity index (χ2v) is 7.72. The van der Waals surface area contributed by atoms with Crippen molar-refractivity contribution in [2.75, 3.05) is 11.0 Å². The summed E-state index contributed by atoms with van der Waals surface area (Å²) >= 11 is 3.47.